The normalized spacial score (nSPS) is 10.7. The van der Waals surface area contributed by atoms with Crippen LogP contribution in [-0.2, 0) is 6.54 Å². The molecule has 1 aromatic carbocycles. The van der Waals surface area contributed by atoms with Gasteiger partial charge in [0.1, 0.15) is 0 Å². The van der Waals surface area contributed by atoms with Gasteiger partial charge in [0.25, 0.3) is 0 Å². The van der Waals surface area contributed by atoms with E-state index in [9.17, 15) is 0 Å². The van der Waals surface area contributed by atoms with Gasteiger partial charge in [-0.05, 0) is 73.5 Å². The van der Waals surface area contributed by atoms with Gasteiger partial charge in [0.05, 0.1) is 17.7 Å². The highest BCUT2D eigenvalue weighted by Crippen LogP contribution is 2.36. The summed E-state index contributed by atoms with van der Waals surface area (Å²) in [6.45, 7) is 11.3. The summed E-state index contributed by atoms with van der Waals surface area (Å²) in [6.07, 6.45) is 1.13. The summed E-state index contributed by atoms with van der Waals surface area (Å²) in [4.78, 5) is 0. The summed E-state index contributed by atoms with van der Waals surface area (Å²) in [7, 11) is 0. The molecule has 1 rings (SSSR count). The van der Waals surface area contributed by atoms with E-state index in [1.54, 1.807) is 0 Å². The molecule has 120 valence electrons. The Morgan fingerprint density at radius 2 is 1.71 bits per heavy atom. The van der Waals surface area contributed by atoms with Crippen LogP contribution in [0, 0.1) is 0 Å². The summed E-state index contributed by atoms with van der Waals surface area (Å²) in [5, 5.41) is 6.77. The second kappa shape index (κ2) is 10.9. The molecule has 4 nitrogen and oxygen atoms in total. The predicted molar refractivity (Wildman–Crippen MR) is 91.3 cm³/mol. The SMILES string of the molecule is CCNCCCNCc1cc(Br)c(OCC)c(OCC)c1. The van der Waals surface area contributed by atoms with E-state index in [2.05, 4.69) is 45.6 Å². The van der Waals surface area contributed by atoms with Crippen LogP contribution in [0.25, 0.3) is 0 Å². The van der Waals surface area contributed by atoms with E-state index in [1.165, 1.54) is 5.56 Å². The minimum Gasteiger partial charge on any atom is -0.490 e. The Balaban J connectivity index is 2.58. The zero-order chi connectivity index (χ0) is 15.5. The van der Waals surface area contributed by atoms with Gasteiger partial charge < -0.3 is 20.1 Å². The average molecular weight is 359 g/mol. The summed E-state index contributed by atoms with van der Waals surface area (Å²) < 4.78 is 12.3. The highest BCUT2D eigenvalue weighted by Gasteiger charge is 2.11. The van der Waals surface area contributed by atoms with E-state index >= 15 is 0 Å². The second-order valence-corrected chi connectivity index (χ2v) is 5.51. The summed E-state index contributed by atoms with van der Waals surface area (Å²) >= 11 is 3.57. The molecule has 0 spiro atoms. The molecular formula is C16H27BrN2O2. The van der Waals surface area contributed by atoms with Crippen molar-refractivity contribution in [2.75, 3.05) is 32.8 Å². The van der Waals surface area contributed by atoms with Crippen molar-refractivity contribution in [1.29, 1.82) is 0 Å². The molecule has 0 aromatic heterocycles. The minimum absolute atomic E-state index is 0.626. The predicted octanol–water partition coefficient (Wildman–Crippen LogP) is 3.34. The molecule has 0 bridgehead atoms. The molecule has 1 aromatic rings. The highest BCUT2D eigenvalue weighted by molar-refractivity contribution is 9.10. The van der Waals surface area contributed by atoms with Gasteiger partial charge in [-0.25, -0.2) is 0 Å². The van der Waals surface area contributed by atoms with Crippen molar-refractivity contribution in [3.8, 4) is 11.5 Å². The van der Waals surface area contributed by atoms with Crippen LogP contribution in [0.3, 0.4) is 0 Å². The monoisotopic (exact) mass is 358 g/mol. The first-order valence-electron chi connectivity index (χ1n) is 7.72. The molecule has 5 heteroatoms. The molecule has 0 radical (unpaired) electrons. The molecular weight excluding hydrogens is 332 g/mol. The Morgan fingerprint density at radius 1 is 1.00 bits per heavy atom. The number of hydrogen-bond donors (Lipinski definition) is 2. The highest BCUT2D eigenvalue weighted by atomic mass is 79.9. The average Bonchev–Trinajstić information content (AvgIpc) is 2.46. The van der Waals surface area contributed by atoms with E-state index < -0.39 is 0 Å². The lowest BCUT2D eigenvalue weighted by molar-refractivity contribution is 0.286. The zero-order valence-electron chi connectivity index (χ0n) is 13.3. The maximum absolute atomic E-state index is 5.68. The number of nitrogens with one attached hydrogen (secondary N) is 2. The fourth-order valence-electron chi connectivity index (χ4n) is 2.02. The van der Waals surface area contributed by atoms with E-state index in [4.69, 9.17) is 9.47 Å². The molecule has 0 unspecified atom stereocenters. The van der Waals surface area contributed by atoms with Crippen molar-refractivity contribution in [1.82, 2.24) is 10.6 Å². The summed E-state index contributed by atoms with van der Waals surface area (Å²) in [6, 6.07) is 4.14. The Morgan fingerprint density at radius 3 is 2.38 bits per heavy atom. The van der Waals surface area contributed by atoms with Crippen molar-refractivity contribution in [2.24, 2.45) is 0 Å². The van der Waals surface area contributed by atoms with Crippen molar-refractivity contribution >= 4 is 15.9 Å². The second-order valence-electron chi connectivity index (χ2n) is 4.65. The van der Waals surface area contributed by atoms with Crippen LogP contribution in [0.5, 0.6) is 11.5 Å². The lowest BCUT2D eigenvalue weighted by Gasteiger charge is -2.15. The standard InChI is InChI=1S/C16H27BrN2O2/c1-4-18-8-7-9-19-12-13-10-14(17)16(21-6-3)15(11-13)20-5-2/h10-11,18-19H,4-9,12H2,1-3H3. The smallest absolute Gasteiger partial charge is 0.175 e. The van der Waals surface area contributed by atoms with Gasteiger partial charge in [-0.3, -0.25) is 0 Å². The summed E-state index contributed by atoms with van der Waals surface area (Å²) in [5.41, 5.74) is 1.19. The molecule has 0 heterocycles. The van der Waals surface area contributed by atoms with Crippen LogP contribution >= 0.6 is 15.9 Å². The molecule has 0 aliphatic carbocycles. The van der Waals surface area contributed by atoms with Gasteiger partial charge in [-0.2, -0.15) is 0 Å². The number of hydrogen-bond acceptors (Lipinski definition) is 4. The van der Waals surface area contributed by atoms with Gasteiger partial charge in [0, 0.05) is 6.54 Å². The van der Waals surface area contributed by atoms with E-state index in [0.29, 0.717) is 13.2 Å². The third-order valence-corrected chi connectivity index (χ3v) is 3.53. The van der Waals surface area contributed by atoms with Crippen LogP contribution < -0.4 is 20.1 Å². The molecule has 0 aliphatic heterocycles. The third kappa shape index (κ3) is 6.68. The fraction of sp³-hybridized carbons (Fsp3) is 0.625. The minimum atomic E-state index is 0.626. The molecule has 21 heavy (non-hydrogen) atoms. The van der Waals surface area contributed by atoms with Gasteiger partial charge in [0.15, 0.2) is 11.5 Å². The van der Waals surface area contributed by atoms with Crippen LogP contribution in [0.15, 0.2) is 16.6 Å². The van der Waals surface area contributed by atoms with E-state index in [-0.39, 0.29) is 0 Å². The molecule has 0 saturated carbocycles. The molecule has 0 atom stereocenters. The number of rotatable bonds is 11. The van der Waals surface area contributed by atoms with Gasteiger partial charge in [-0.15, -0.1) is 0 Å². The van der Waals surface area contributed by atoms with Crippen LogP contribution in [0.2, 0.25) is 0 Å². The van der Waals surface area contributed by atoms with Crippen LogP contribution in [0.4, 0.5) is 0 Å². The Bertz CT molecular complexity index is 414. The Labute approximate surface area is 136 Å². The Hall–Kier alpha value is -0.780. The van der Waals surface area contributed by atoms with Crippen LogP contribution in [-0.4, -0.2) is 32.8 Å². The first kappa shape index (κ1) is 18.3. The quantitative estimate of drug-likeness (QED) is 0.595. The maximum atomic E-state index is 5.68. The number of halogens is 1. The van der Waals surface area contributed by atoms with Gasteiger partial charge >= 0.3 is 0 Å². The van der Waals surface area contributed by atoms with Crippen molar-refractivity contribution in [3.05, 3.63) is 22.2 Å². The largest absolute Gasteiger partial charge is 0.490 e. The zero-order valence-corrected chi connectivity index (χ0v) is 14.9. The molecule has 2 N–H and O–H groups in total. The molecule has 0 fully saturated rings. The van der Waals surface area contributed by atoms with E-state index in [0.717, 1.165) is 48.6 Å². The maximum Gasteiger partial charge on any atom is 0.175 e. The first-order valence-corrected chi connectivity index (χ1v) is 8.51. The fourth-order valence-corrected chi connectivity index (χ4v) is 2.62. The molecule has 0 amide bonds. The van der Waals surface area contributed by atoms with E-state index in [1.807, 2.05) is 13.8 Å². The van der Waals surface area contributed by atoms with Gasteiger partial charge in [-0.1, -0.05) is 6.92 Å². The Kier molecular flexibility index (Phi) is 9.46. The molecule has 0 saturated heterocycles. The topological polar surface area (TPSA) is 42.5 Å². The number of ether oxygens (including phenoxy) is 2. The van der Waals surface area contributed by atoms with Crippen LogP contribution in [0.1, 0.15) is 32.8 Å². The summed E-state index contributed by atoms with van der Waals surface area (Å²) in [5.74, 6) is 1.59. The van der Waals surface area contributed by atoms with Gasteiger partial charge in [0.2, 0.25) is 0 Å². The lowest BCUT2D eigenvalue weighted by atomic mass is 10.2. The number of benzene rings is 1. The van der Waals surface area contributed by atoms with Crippen molar-refractivity contribution in [2.45, 2.75) is 33.7 Å². The first-order chi connectivity index (χ1) is 10.2. The van der Waals surface area contributed by atoms with Crippen molar-refractivity contribution in [3.63, 3.8) is 0 Å². The van der Waals surface area contributed by atoms with Crippen molar-refractivity contribution < 1.29 is 9.47 Å². The molecule has 0 aliphatic rings. The third-order valence-electron chi connectivity index (χ3n) is 2.94. The lowest BCUT2D eigenvalue weighted by Crippen LogP contribution is -2.21.